The Labute approximate surface area is 198 Å². The maximum absolute atomic E-state index is 13.1. The number of carbonyl (C=O) groups excluding carboxylic acids is 2. The first-order valence-electron chi connectivity index (χ1n) is 11.3. The molecule has 1 heterocycles. The number of nitrogens with zero attached hydrogens (tertiary/aromatic N) is 2. The number of piperidine rings is 1. The Morgan fingerprint density at radius 2 is 1.74 bits per heavy atom. The van der Waals surface area contributed by atoms with Gasteiger partial charge in [0.15, 0.2) is 0 Å². The number of nitriles is 1. The number of aryl methyl sites for hydroxylation is 1. The van der Waals surface area contributed by atoms with Gasteiger partial charge in [-0.2, -0.15) is 5.26 Å². The number of benzene rings is 2. The minimum absolute atomic E-state index is 0.0681. The molecule has 3 rings (SSSR count). The number of carbonyl (C=O) groups is 3. The molecule has 1 fully saturated rings. The Morgan fingerprint density at radius 3 is 2.38 bits per heavy atom. The zero-order valence-corrected chi connectivity index (χ0v) is 19.1. The van der Waals surface area contributed by atoms with Gasteiger partial charge in [-0.15, -0.1) is 0 Å². The van der Waals surface area contributed by atoms with E-state index in [4.69, 9.17) is 10.4 Å². The Kier molecular flexibility index (Phi) is 8.46. The fraction of sp³-hybridized carbons (Fsp3) is 0.360. The first-order chi connectivity index (χ1) is 16.4. The number of amides is 4. The summed E-state index contributed by atoms with van der Waals surface area (Å²) in [5, 5.41) is 25.2. The van der Waals surface area contributed by atoms with Crippen LogP contribution in [0.3, 0.4) is 0 Å². The monoisotopic (exact) mass is 463 g/mol. The van der Waals surface area contributed by atoms with Gasteiger partial charge in [-0.25, -0.2) is 9.59 Å². The van der Waals surface area contributed by atoms with Gasteiger partial charge in [-0.1, -0.05) is 18.2 Å². The molecule has 178 valence electrons. The van der Waals surface area contributed by atoms with Crippen LogP contribution in [0.25, 0.3) is 0 Å². The third-order valence-corrected chi connectivity index (χ3v) is 5.94. The predicted molar refractivity (Wildman–Crippen MR) is 128 cm³/mol. The van der Waals surface area contributed by atoms with Gasteiger partial charge in [0.1, 0.15) is 0 Å². The summed E-state index contributed by atoms with van der Waals surface area (Å²) in [6, 6.07) is 14.6. The quantitative estimate of drug-likeness (QED) is 0.465. The van der Waals surface area contributed by atoms with Crippen molar-refractivity contribution in [3.63, 3.8) is 0 Å². The maximum Gasteiger partial charge on any atom is 0.404 e. The molecule has 1 saturated heterocycles. The second-order valence-electron chi connectivity index (χ2n) is 8.30. The van der Waals surface area contributed by atoms with Crippen molar-refractivity contribution in [3.05, 3.63) is 64.7 Å². The number of hydrogen-bond acceptors (Lipinski definition) is 4. The van der Waals surface area contributed by atoms with Gasteiger partial charge in [0, 0.05) is 37.4 Å². The zero-order valence-electron chi connectivity index (χ0n) is 19.1. The Balaban J connectivity index is 1.53. The van der Waals surface area contributed by atoms with Gasteiger partial charge < -0.3 is 26.0 Å². The van der Waals surface area contributed by atoms with Crippen LogP contribution in [0.5, 0.6) is 0 Å². The lowest BCUT2D eigenvalue weighted by Gasteiger charge is -2.32. The number of likely N-dealkylation sites (tertiary alicyclic amines) is 1. The molecule has 0 radical (unpaired) electrons. The number of nitrogens with one attached hydrogen (secondary N) is 3. The Morgan fingerprint density at radius 1 is 1.06 bits per heavy atom. The molecule has 9 nitrogen and oxygen atoms in total. The van der Waals surface area contributed by atoms with Crippen LogP contribution in [-0.4, -0.2) is 54.2 Å². The molecule has 9 heteroatoms. The molecule has 0 aromatic heterocycles. The van der Waals surface area contributed by atoms with E-state index in [1.807, 2.05) is 42.2 Å². The summed E-state index contributed by atoms with van der Waals surface area (Å²) in [5.74, 6) is 0.294. The molecule has 0 spiro atoms. The average molecular weight is 464 g/mol. The van der Waals surface area contributed by atoms with Crippen LogP contribution in [0, 0.1) is 18.3 Å². The van der Waals surface area contributed by atoms with Crippen molar-refractivity contribution in [1.29, 1.82) is 5.26 Å². The lowest BCUT2D eigenvalue weighted by Crippen LogP contribution is -2.38. The highest BCUT2D eigenvalue weighted by Crippen LogP contribution is 2.29. The molecule has 1 aliphatic heterocycles. The number of rotatable bonds is 7. The van der Waals surface area contributed by atoms with Crippen LogP contribution in [0.2, 0.25) is 0 Å². The molecule has 4 amide bonds. The van der Waals surface area contributed by atoms with E-state index in [0.717, 1.165) is 18.4 Å². The van der Waals surface area contributed by atoms with Crippen molar-refractivity contribution < 1.29 is 19.5 Å². The van der Waals surface area contributed by atoms with Crippen LogP contribution in [0.4, 0.5) is 15.3 Å². The lowest BCUT2D eigenvalue weighted by molar-refractivity contribution is 0.0713. The van der Waals surface area contributed by atoms with Gasteiger partial charge in [0.2, 0.25) is 0 Å². The fourth-order valence-electron chi connectivity index (χ4n) is 3.97. The van der Waals surface area contributed by atoms with Gasteiger partial charge in [-0.3, -0.25) is 4.79 Å². The molecule has 0 unspecified atom stereocenters. The van der Waals surface area contributed by atoms with E-state index in [-0.39, 0.29) is 12.5 Å². The summed E-state index contributed by atoms with van der Waals surface area (Å²) in [6.45, 7) is 3.71. The smallest absolute Gasteiger partial charge is 0.404 e. The van der Waals surface area contributed by atoms with E-state index in [1.165, 1.54) is 5.56 Å². The predicted octanol–water partition coefficient (Wildman–Crippen LogP) is 3.67. The minimum atomic E-state index is -1.10. The SMILES string of the molecule is Cc1ccc(C(=O)N2CCC(c3ccc(C#N)cc3)CC2)cc1NC(=O)NCCCNC(=O)O. The topological polar surface area (TPSA) is 135 Å². The van der Waals surface area contributed by atoms with Gasteiger partial charge in [0.05, 0.1) is 11.6 Å². The number of urea groups is 1. The van der Waals surface area contributed by atoms with Crippen molar-refractivity contribution in [3.8, 4) is 6.07 Å². The van der Waals surface area contributed by atoms with Crippen molar-refractivity contribution in [1.82, 2.24) is 15.5 Å². The Hall–Kier alpha value is -4.06. The fourth-order valence-corrected chi connectivity index (χ4v) is 3.97. The summed E-state index contributed by atoms with van der Waals surface area (Å²) < 4.78 is 0. The van der Waals surface area contributed by atoms with Gasteiger partial charge >= 0.3 is 12.1 Å². The summed E-state index contributed by atoms with van der Waals surface area (Å²) in [6.07, 6.45) is 1.08. The van der Waals surface area contributed by atoms with Crippen molar-refractivity contribution >= 4 is 23.7 Å². The highest BCUT2D eigenvalue weighted by molar-refractivity contribution is 5.97. The van der Waals surface area contributed by atoms with E-state index in [2.05, 4.69) is 22.0 Å². The molecular weight excluding hydrogens is 434 g/mol. The van der Waals surface area contributed by atoms with E-state index < -0.39 is 12.1 Å². The lowest BCUT2D eigenvalue weighted by atomic mass is 9.89. The summed E-state index contributed by atoms with van der Waals surface area (Å²) in [7, 11) is 0. The third kappa shape index (κ3) is 6.72. The second kappa shape index (κ2) is 11.7. The first kappa shape index (κ1) is 24.6. The van der Waals surface area contributed by atoms with E-state index >= 15 is 0 Å². The summed E-state index contributed by atoms with van der Waals surface area (Å²) in [4.78, 5) is 37.5. The molecule has 0 bridgehead atoms. The summed E-state index contributed by atoms with van der Waals surface area (Å²) >= 11 is 0. The van der Waals surface area contributed by atoms with Crippen LogP contribution < -0.4 is 16.0 Å². The molecule has 1 aliphatic rings. The molecule has 0 aliphatic carbocycles. The van der Waals surface area contributed by atoms with Crippen LogP contribution in [0.1, 0.15) is 52.2 Å². The van der Waals surface area contributed by atoms with Gasteiger partial charge in [-0.05, 0) is 67.5 Å². The van der Waals surface area contributed by atoms with Crippen molar-refractivity contribution in [2.75, 3.05) is 31.5 Å². The zero-order chi connectivity index (χ0) is 24.5. The van der Waals surface area contributed by atoms with Gasteiger partial charge in [0.25, 0.3) is 5.91 Å². The number of carboxylic acid groups (broad SMARTS) is 1. The van der Waals surface area contributed by atoms with Crippen molar-refractivity contribution in [2.45, 2.75) is 32.1 Å². The highest BCUT2D eigenvalue weighted by atomic mass is 16.4. The molecule has 0 atom stereocenters. The molecule has 4 N–H and O–H groups in total. The summed E-state index contributed by atoms with van der Waals surface area (Å²) in [5.41, 5.74) is 3.74. The van der Waals surface area contributed by atoms with E-state index in [1.54, 1.807) is 12.1 Å². The van der Waals surface area contributed by atoms with Crippen LogP contribution in [-0.2, 0) is 0 Å². The third-order valence-electron chi connectivity index (χ3n) is 5.94. The average Bonchev–Trinajstić information content (AvgIpc) is 2.84. The number of hydrogen-bond donors (Lipinski definition) is 4. The molecular formula is C25H29N5O4. The maximum atomic E-state index is 13.1. The molecule has 0 saturated carbocycles. The van der Waals surface area contributed by atoms with Crippen LogP contribution >= 0.6 is 0 Å². The molecule has 34 heavy (non-hydrogen) atoms. The normalized spacial score (nSPS) is 13.6. The van der Waals surface area contributed by atoms with Crippen LogP contribution in [0.15, 0.2) is 42.5 Å². The highest BCUT2D eigenvalue weighted by Gasteiger charge is 2.25. The Bertz CT molecular complexity index is 1070. The largest absolute Gasteiger partial charge is 0.465 e. The molecule has 2 aromatic carbocycles. The minimum Gasteiger partial charge on any atom is -0.465 e. The van der Waals surface area contributed by atoms with Crippen molar-refractivity contribution in [2.24, 2.45) is 0 Å². The first-order valence-corrected chi connectivity index (χ1v) is 11.3. The van der Waals surface area contributed by atoms with E-state index in [0.29, 0.717) is 48.8 Å². The molecule has 2 aromatic rings. The standard InChI is InChI=1S/C25H29N5O4/c1-17-3-6-21(15-22(17)29-24(32)27-11-2-12-28-25(33)34)23(31)30-13-9-20(10-14-30)19-7-4-18(16-26)5-8-19/h3-8,15,20,28H,2,9-14H2,1H3,(H,33,34)(H2,27,29,32). The second-order valence-corrected chi connectivity index (χ2v) is 8.30. The van der Waals surface area contributed by atoms with E-state index in [9.17, 15) is 14.4 Å². The number of anilines is 1.